The summed E-state index contributed by atoms with van der Waals surface area (Å²) < 4.78 is 35.0. The van der Waals surface area contributed by atoms with Gasteiger partial charge in [-0.1, -0.05) is 0 Å². The van der Waals surface area contributed by atoms with E-state index in [9.17, 15) is 27.6 Å². The minimum absolute atomic E-state index is 0.853. The first-order valence-electron chi connectivity index (χ1n) is 4.47. The molecule has 0 aromatic carbocycles. The van der Waals surface area contributed by atoms with Crippen molar-refractivity contribution in [2.45, 2.75) is 25.6 Å². The van der Waals surface area contributed by atoms with Gasteiger partial charge >= 0.3 is 12.1 Å². The lowest BCUT2D eigenvalue weighted by molar-refractivity contribution is -0.143. The molecule has 0 fully saturated rings. The largest absolute Gasteiger partial charge is 0.480 e. The monoisotopic (exact) mass is 256 g/mol. The SMILES string of the molecule is C[C@H](NC(=O)CC(=O)NCC(F)(F)F)C(=O)O. The van der Waals surface area contributed by atoms with E-state index in [0.29, 0.717) is 0 Å². The quantitative estimate of drug-likeness (QED) is 0.585. The average Bonchev–Trinajstić information content (AvgIpc) is 2.13. The molecule has 2 amide bonds. The van der Waals surface area contributed by atoms with Crippen molar-refractivity contribution in [2.24, 2.45) is 0 Å². The van der Waals surface area contributed by atoms with Gasteiger partial charge in [0.05, 0.1) is 0 Å². The second-order valence-corrected chi connectivity index (χ2v) is 3.20. The first kappa shape index (κ1) is 15.2. The Morgan fingerprint density at radius 1 is 1.24 bits per heavy atom. The fourth-order valence-corrected chi connectivity index (χ4v) is 0.761. The Kier molecular flexibility index (Phi) is 5.42. The van der Waals surface area contributed by atoms with Crippen LogP contribution in [0.1, 0.15) is 13.3 Å². The van der Waals surface area contributed by atoms with Gasteiger partial charge in [-0.3, -0.25) is 14.4 Å². The Hall–Kier alpha value is -1.80. The third kappa shape index (κ3) is 8.05. The summed E-state index contributed by atoms with van der Waals surface area (Å²) in [5.41, 5.74) is 0. The molecule has 0 bridgehead atoms. The smallest absolute Gasteiger partial charge is 0.405 e. The fraction of sp³-hybridized carbons (Fsp3) is 0.625. The number of halogens is 3. The second-order valence-electron chi connectivity index (χ2n) is 3.20. The summed E-state index contributed by atoms with van der Waals surface area (Å²) in [4.78, 5) is 32.1. The summed E-state index contributed by atoms with van der Waals surface area (Å²) in [5, 5.41) is 11.8. The molecule has 3 N–H and O–H groups in total. The topological polar surface area (TPSA) is 95.5 Å². The summed E-state index contributed by atoms with van der Waals surface area (Å²) in [6.45, 7) is -0.374. The fourth-order valence-electron chi connectivity index (χ4n) is 0.761. The van der Waals surface area contributed by atoms with E-state index in [1.807, 2.05) is 5.32 Å². The third-order valence-corrected chi connectivity index (χ3v) is 1.56. The molecule has 0 aromatic rings. The molecule has 0 aromatic heterocycles. The lowest BCUT2D eigenvalue weighted by Crippen LogP contribution is -2.42. The maximum Gasteiger partial charge on any atom is 0.405 e. The first-order chi connectivity index (χ1) is 7.61. The van der Waals surface area contributed by atoms with Crippen molar-refractivity contribution in [3.63, 3.8) is 0 Å². The van der Waals surface area contributed by atoms with E-state index >= 15 is 0 Å². The van der Waals surface area contributed by atoms with E-state index in [4.69, 9.17) is 5.11 Å². The zero-order valence-electron chi connectivity index (χ0n) is 8.80. The van der Waals surface area contributed by atoms with E-state index in [1.54, 1.807) is 0 Å². The summed E-state index contributed by atoms with van der Waals surface area (Å²) in [5.74, 6) is -3.40. The lowest BCUT2D eigenvalue weighted by atomic mass is 10.3. The summed E-state index contributed by atoms with van der Waals surface area (Å²) in [7, 11) is 0. The molecule has 17 heavy (non-hydrogen) atoms. The van der Waals surface area contributed by atoms with E-state index in [1.165, 1.54) is 5.32 Å². The van der Waals surface area contributed by atoms with Crippen LogP contribution in [-0.4, -0.2) is 41.7 Å². The molecule has 9 heteroatoms. The predicted octanol–water partition coefficient (Wildman–Crippen LogP) is -0.356. The minimum atomic E-state index is -4.56. The molecule has 98 valence electrons. The van der Waals surface area contributed by atoms with Gasteiger partial charge in [-0.25, -0.2) is 0 Å². The van der Waals surface area contributed by atoms with Crippen molar-refractivity contribution in [1.82, 2.24) is 10.6 Å². The van der Waals surface area contributed by atoms with Crippen LogP contribution in [0.5, 0.6) is 0 Å². The molecule has 0 rings (SSSR count). The van der Waals surface area contributed by atoms with E-state index in [0.717, 1.165) is 6.92 Å². The predicted molar refractivity (Wildman–Crippen MR) is 48.9 cm³/mol. The van der Waals surface area contributed by atoms with Gasteiger partial charge in [0.15, 0.2) is 0 Å². The van der Waals surface area contributed by atoms with Crippen molar-refractivity contribution in [3.8, 4) is 0 Å². The molecular weight excluding hydrogens is 245 g/mol. The van der Waals surface area contributed by atoms with Gasteiger partial charge in [0.2, 0.25) is 11.8 Å². The van der Waals surface area contributed by atoms with Crippen molar-refractivity contribution in [3.05, 3.63) is 0 Å². The Morgan fingerprint density at radius 3 is 2.18 bits per heavy atom. The number of nitrogens with one attached hydrogen (secondary N) is 2. The molecule has 0 radical (unpaired) electrons. The number of rotatable bonds is 5. The number of hydrogen-bond acceptors (Lipinski definition) is 3. The molecule has 6 nitrogen and oxygen atoms in total. The number of carbonyl (C=O) groups is 3. The van der Waals surface area contributed by atoms with Gasteiger partial charge in [0, 0.05) is 0 Å². The third-order valence-electron chi connectivity index (χ3n) is 1.56. The number of alkyl halides is 3. The molecule has 0 heterocycles. The molecule has 0 aliphatic heterocycles. The van der Waals surface area contributed by atoms with Gasteiger partial charge in [-0.15, -0.1) is 0 Å². The second kappa shape index (κ2) is 6.06. The van der Waals surface area contributed by atoms with Gasteiger partial charge < -0.3 is 15.7 Å². The van der Waals surface area contributed by atoms with Gasteiger partial charge in [0.25, 0.3) is 0 Å². The molecule has 0 aliphatic rings. The Balaban J connectivity index is 3.97. The maximum absolute atomic E-state index is 11.7. The number of aliphatic carboxylic acids is 1. The van der Waals surface area contributed by atoms with Crippen molar-refractivity contribution in [1.29, 1.82) is 0 Å². The highest BCUT2D eigenvalue weighted by atomic mass is 19.4. The van der Waals surface area contributed by atoms with Crippen LogP contribution in [0.15, 0.2) is 0 Å². The van der Waals surface area contributed by atoms with Crippen LogP contribution in [-0.2, 0) is 14.4 Å². The molecule has 1 atom stereocenters. The highest BCUT2D eigenvalue weighted by Gasteiger charge is 2.28. The first-order valence-corrected chi connectivity index (χ1v) is 4.47. The zero-order chi connectivity index (χ0) is 13.6. The van der Waals surface area contributed by atoms with Crippen LogP contribution in [0.25, 0.3) is 0 Å². The van der Waals surface area contributed by atoms with E-state index in [-0.39, 0.29) is 0 Å². The summed E-state index contributed by atoms with van der Waals surface area (Å²) in [6, 6.07) is -1.21. The average molecular weight is 256 g/mol. The van der Waals surface area contributed by atoms with Crippen LogP contribution >= 0.6 is 0 Å². The van der Waals surface area contributed by atoms with Crippen LogP contribution in [0.3, 0.4) is 0 Å². The number of carbonyl (C=O) groups excluding carboxylic acids is 2. The highest BCUT2D eigenvalue weighted by molar-refractivity contribution is 5.98. The Labute approximate surface area is 94.2 Å². The number of carboxylic acid groups (broad SMARTS) is 1. The van der Waals surface area contributed by atoms with Crippen molar-refractivity contribution in [2.75, 3.05) is 6.54 Å². The van der Waals surface area contributed by atoms with E-state index in [2.05, 4.69) is 0 Å². The number of amides is 2. The molecular formula is C8H11F3N2O4. The molecule has 0 spiro atoms. The standard InChI is InChI=1S/C8H11F3N2O4/c1-4(7(16)17)13-6(15)2-5(14)12-3-8(9,10)11/h4H,2-3H2,1H3,(H,12,14)(H,13,15)(H,16,17)/t4-/m0/s1. The molecule has 0 aliphatic carbocycles. The lowest BCUT2D eigenvalue weighted by Gasteiger charge is -2.10. The van der Waals surface area contributed by atoms with Gasteiger partial charge in [-0.05, 0) is 6.92 Å². The van der Waals surface area contributed by atoms with Gasteiger partial charge in [-0.2, -0.15) is 13.2 Å². The van der Waals surface area contributed by atoms with Gasteiger partial charge in [0.1, 0.15) is 19.0 Å². The maximum atomic E-state index is 11.7. The number of carboxylic acids is 1. The molecule has 0 saturated carbocycles. The van der Waals surface area contributed by atoms with Crippen LogP contribution in [0.4, 0.5) is 13.2 Å². The molecule has 0 saturated heterocycles. The Bertz CT molecular complexity index is 316. The number of hydrogen-bond donors (Lipinski definition) is 3. The van der Waals surface area contributed by atoms with Crippen LogP contribution in [0, 0.1) is 0 Å². The normalized spacial score (nSPS) is 12.7. The highest BCUT2D eigenvalue weighted by Crippen LogP contribution is 2.12. The zero-order valence-corrected chi connectivity index (χ0v) is 8.80. The van der Waals surface area contributed by atoms with Crippen LogP contribution in [0.2, 0.25) is 0 Å². The van der Waals surface area contributed by atoms with E-state index < -0.39 is 43.0 Å². The van der Waals surface area contributed by atoms with Crippen molar-refractivity contribution >= 4 is 17.8 Å². The van der Waals surface area contributed by atoms with Crippen LogP contribution < -0.4 is 10.6 Å². The summed E-state index contributed by atoms with van der Waals surface area (Å²) >= 11 is 0. The van der Waals surface area contributed by atoms with Crippen molar-refractivity contribution < 1.29 is 32.7 Å². The summed E-state index contributed by atoms with van der Waals surface area (Å²) in [6.07, 6.45) is -5.41. The Morgan fingerprint density at radius 2 is 1.76 bits per heavy atom. The molecule has 0 unspecified atom stereocenters. The minimum Gasteiger partial charge on any atom is -0.480 e.